The number of carbonyl (C=O) groups is 1. The molecule has 3 aromatic carbocycles. The van der Waals surface area contributed by atoms with Gasteiger partial charge < -0.3 is 48.6 Å². The van der Waals surface area contributed by atoms with E-state index in [2.05, 4.69) is 12.7 Å². The number of hydrogen-bond donors (Lipinski definition) is 3. The van der Waals surface area contributed by atoms with E-state index >= 15 is 0 Å². The van der Waals surface area contributed by atoms with E-state index in [9.17, 15) is 30.2 Å². The van der Waals surface area contributed by atoms with E-state index in [1.807, 2.05) is 57.2 Å². The van der Waals surface area contributed by atoms with Gasteiger partial charge in [-0.3, -0.25) is 15.0 Å². The molecule has 16 heteroatoms. The number of non-ortho nitro benzene ring substituents is 1. The second-order valence-electron chi connectivity index (χ2n) is 18.0. The molecule has 1 fully saturated rings. The molecule has 3 aromatic rings. The summed E-state index contributed by atoms with van der Waals surface area (Å²) in [5, 5.41) is 46.1. The van der Waals surface area contributed by atoms with Gasteiger partial charge in [0.25, 0.3) is 5.69 Å². The zero-order valence-corrected chi connectivity index (χ0v) is 39.0. The molecule has 6 atom stereocenters. The van der Waals surface area contributed by atoms with Crippen LogP contribution in [0.15, 0.2) is 102 Å². The van der Waals surface area contributed by atoms with Gasteiger partial charge in [0, 0.05) is 43.7 Å². The van der Waals surface area contributed by atoms with Crippen molar-refractivity contribution in [2.24, 2.45) is 22.9 Å². The Labute approximate surface area is 393 Å². The van der Waals surface area contributed by atoms with Crippen LogP contribution in [0.1, 0.15) is 82.8 Å². The van der Waals surface area contributed by atoms with Crippen molar-refractivity contribution in [3.63, 3.8) is 0 Å². The zero-order valence-electron chi connectivity index (χ0n) is 39.0. The van der Waals surface area contributed by atoms with Gasteiger partial charge in [0.2, 0.25) is 5.79 Å². The third-order valence-corrected chi connectivity index (χ3v) is 12.2. The van der Waals surface area contributed by atoms with Crippen LogP contribution in [-0.2, 0) is 30.4 Å². The lowest BCUT2D eigenvalue weighted by Crippen LogP contribution is -2.70. The molecule has 1 aliphatic heterocycles. The number of rotatable bonds is 26. The quantitative estimate of drug-likeness (QED) is 0.0300. The van der Waals surface area contributed by atoms with Crippen LogP contribution in [0.3, 0.4) is 0 Å². The standard InChI is InChI=1S/C51H67N3O13/c1-5-26-64-51-46(53(22-27-61-28-25-57)49(58)63-30-29-62-35-36-14-7-6-8-15-36)34-44(52-67-50(2,3)4)42-31-37(16-9-11-23-55)41(19-10-12-24-56)47(48(42)51)43-33-40(20-21-45(43)66-51)65-39-18-13-17-38(32-39)54(59)60/h5-8,13-15,17-18,20-21,31-33,37,41,46-48,55-57H,1,9-12,16,19,22-30,34-35H2,2-4H3. The molecular formula is C51H67N3O13. The SMILES string of the molecule is C=CCOC12Oc3ccc(Oc4cccc([N+](=O)[O-])c4)cc3C3C(CCCCO)C(CCCCO)C=C(C(=NOC(C)(C)C)CC1N(CCOCCO)C(=O)OCCOCc1ccccc1)C32. The number of allylic oxidation sites excluding steroid dienone is 1. The van der Waals surface area contributed by atoms with Crippen LogP contribution in [-0.4, -0.2) is 114 Å². The summed E-state index contributed by atoms with van der Waals surface area (Å²) >= 11 is 0. The minimum atomic E-state index is -1.58. The van der Waals surface area contributed by atoms with Crippen molar-refractivity contribution >= 4 is 17.5 Å². The topological polar surface area (TPSA) is 201 Å². The van der Waals surface area contributed by atoms with Crippen molar-refractivity contribution in [1.82, 2.24) is 4.90 Å². The Morgan fingerprint density at radius 2 is 1.69 bits per heavy atom. The summed E-state index contributed by atoms with van der Waals surface area (Å²) in [6.07, 6.45) is 7.51. The summed E-state index contributed by atoms with van der Waals surface area (Å²) in [4.78, 5) is 33.7. The molecule has 0 spiro atoms. The van der Waals surface area contributed by atoms with Crippen LogP contribution < -0.4 is 9.47 Å². The fourth-order valence-corrected chi connectivity index (χ4v) is 9.44. The Bertz CT molecular complexity index is 2140. The molecule has 0 saturated heterocycles. The van der Waals surface area contributed by atoms with Crippen molar-refractivity contribution in [3.05, 3.63) is 118 Å². The second kappa shape index (κ2) is 24.6. The molecule has 3 N–H and O–H groups in total. The van der Waals surface area contributed by atoms with Gasteiger partial charge >= 0.3 is 6.09 Å². The number of aliphatic hydroxyl groups is 3. The van der Waals surface area contributed by atoms with E-state index in [0.29, 0.717) is 43.1 Å². The summed E-state index contributed by atoms with van der Waals surface area (Å²) in [7, 11) is 0. The van der Waals surface area contributed by atoms with Gasteiger partial charge in [-0.05, 0) is 93.7 Å². The first-order valence-electron chi connectivity index (χ1n) is 23.4. The molecule has 2 aliphatic carbocycles. The van der Waals surface area contributed by atoms with Crippen molar-refractivity contribution in [2.45, 2.75) is 95.7 Å². The smallest absolute Gasteiger partial charge is 0.410 e. The number of amides is 1. The Balaban J connectivity index is 1.51. The van der Waals surface area contributed by atoms with Crippen molar-refractivity contribution in [3.8, 4) is 17.2 Å². The zero-order chi connectivity index (χ0) is 47.8. The maximum absolute atomic E-state index is 14.7. The average Bonchev–Trinajstić information content (AvgIpc) is 3.31. The highest BCUT2D eigenvalue weighted by atomic mass is 16.7. The molecular weight excluding hydrogens is 863 g/mol. The number of nitro benzene ring substituents is 1. The molecule has 6 rings (SSSR count). The summed E-state index contributed by atoms with van der Waals surface area (Å²) in [6, 6.07) is 20.3. The molecule has 1 amide bonds. The third-order valence-electron chi connectivity index (χ3n) is 12.2. The Morgan fingerprint density at radius 3 is 2.40 bits per heavy atom. The lowest BCUT2D eigenvalue weighted by Gasteiger charge is -2.59. The van der Waals surface area contributed by atoms with E-state index in [1.165, 1.54) is 12.1 Å². The minimum absolute atomic E-state index is 0.0221. The highest BCUT2D eigenvalue weighted by Gasteiger charge is 2.65. The molecule has 16 nitrogen and oxygen atoms in total. The normalized spacial score (nSPS) is 22.4. The van der Waals surface area contributed by atoms with Crippen LogP contribution in [0, 0.1) is 27.9 Å². The number of hydrogen-bond acceptors (Lipinski definition) is 14. The number of ether oxygens (including phenoxy) is 6. The van der Waals surface area contributed by atoms with Crippen molar-refractivity contribution < 1.29 is 58.3 Å². The predicted octanol–water partition coefficient (Wildman–Crippen LogP) is 8.48. The molecule has 1 heterocycles. The number of nitrogens with zero attached hydrogens (tertiary/aromatic N) is 3. The number of benzene rings is 3. The van der Waals surface area contributed by atoms with Gasteiger partial charge in [-0.1, -0.05) is 66.5 Å². The number of oxime groups is 1. The Morgan fingerprint density at radius 1 is 0.925 bits per heavy atom. The summed E-state index contributed by atoms with van der Waals surface area (Å²) < 4.78 is 38.3. The Kier molecular flexibility index (Phi) is 18.7. The fourth-order valence-electron chi connectivity index (χ4n) is 9.44. The number of aliphatic hydroxyl groups excluding tert-OH is 3. The molecule has 3 aliphatic rings. The highest BCUT2D eigenvalue weighted by molar-refractivity contribution is 6.03. The minimum Gasteiger partial charge on any atom is -0.459 e. The monoisotopic (exact) mass is 929 g/mol. The van der Waals surface area contributed by atoms with Gasteiger partial charge in [0.1, 0.15) is 35.5 Å². The molecule has 1 saturated carbocycles. The van der Waals surface area contributed by atoms with Crippen LogP contribution in [0.2, 0.25) is 0 Å². The fraction of sp³-hybridized carbons (Fsp3) is 0.529. The molecule has 0 bridgehead atoms. The van der Waals surface area contributed by atoms with Gasteiger partial charge in [0.05, 0.1) is 62.3 Å². The molecule has 6 unspecified atom stereocenters. The van der Waals surface area contributed by atoms with E-state index in [4.69, 9.17) is 38.4 Å². The van der Waals surface area contributed by atoms with Crippen LogP contribution in [0.4, 0.5) is 10.5 Å². The number of fused-ring (bicyclic) bond motifs is 2. The first kappa shape index (κ1) is 51.0. The molecule has 67 heavy (non-hydrogen) atoms. The van der Waals surface area contributed by atoms with Gasteiger partial charge in [-0.15, -0.1) is 6.58 Å². The van der Waals surface area contributed by atoms with E-state index in [-0.39, 0.29) is 95.0 Å². The summed E-state index contributed by atoms with van der Waals surface area (Å²) in [5.74, 6) is -1.44. The van der Waals surface area contributed by atoms with Gasteiger partial charge in [-0.2, -0.15) is 0 Å². The lowest BCUT2D eigenvalue weighted by molar-refractivity contribution is -0.384. The largest absolute Gasteiger partial charge is 0.459 e. The van der Waals surface area contributed by atoms with Crippen LogP contribution in [0.5, 0.6) is 17.2 Å². The lowest BCUT2D eigenvalue weighted by atomic mass is 9.55. The maximum atomic E-state index is 14.7. The highest BCUT2D eigenvalue weighted by Crippen LogP contribution is 2.62. The first-order chi connectivity index (χ1) is 32.4. The summed E-state index contributed by atoms with van der Waals surface area (Å²) in [5.41, 5.74) is 2.45. The average molecular weight is 930 g/mol. The molecule has 0 aromatic heterocycles. The first-order valence-corrected chi connectivity index (χ1v) is 23.4. The van der Waals surface area contributed by atoms with Crippen molar-refractivity contribution in [1.29, 1.82) is 0 Å². The molecule has 0 radical (unpaired) electrons. The maximum Gasteiger partial charge on any atom is 0.410 e. The number of unbranched alkanes of at least 4 members (excludes halogenated alkanes) is 2. The number of nitro groups is 1. The van der Waals surface area contributed by atoms with Gasteiger partial charge in [-0.25, -0.2) is 4.79 Å². The van der Waals surface area contributed by atoms with Crippen LogP contribution >= 0.6 is 0 Å². The van der Waals surface area contributed by atoms with E-state index in [0.717, 1.165) is 36.0 Å². The van der Waals surface area contributed by atoms with Crippen molar-refractivity contribution in [2.75, 3.05) is 59.4 Å². The summed E-state index contributed by atoms with van der Waals surface area (Å²) in [6.45, 7) is 10.2. The predicted molar refractivity (Wildman–Crippen MR) is 251 cm³/mol. The second-order valence-corrected chi connectivity index (χ2v) is 18.0. The number of carbonyl (C=O) groups excluding carboxylic acids is 1. The van der Waals surface area contributed by atoms with E-state index in [1.54, 1.807) is 35.2 Å². The third kappa shape index (κ3) is 13.2. The van der Waals surface area contributed by atoms with E-state index < -0.39 is 34.4 Å². The van der Waals surface area contributed by atoms with Gasteiger partial charge in [0.15, 0.2) is 0 Å². The molecule has 364 valence electrons. The Hall–Kier alpha value is -5.36. The van der Waals surface area contributed by atoms with Crippen LogP contribution in [0.25, 0.3) is 0 Å².